The summed E-state index contributed by atoms with van der Waals surface area (Å²) >= 11 is 0. The quantitative estimate of drug-likeness (QED) is 0.848. The molecule has 2 bridgehead atoms. The maximum atomic E-state index is 12.3. The van der Waals surface area contributed by atoms with Crippen LogP contribution in [0.2, 0.25) is 0 Å². The van der Waals surface area contributed by atoms with Gasteiger partial charge in [0.2, 0.25) is 0 Å². The molecule has 2 fully saturated rings. The third-order valence-corrected chi connectivity index (χ3v) is 4.42. The van der Waals surface area contributed by atoms with Gasteiger partial charge in [-0.1, -0.05) is 0 Å². The van der Waals surface area contributed by atoms with Crippen molar-refractivity contribution in [2.75, 3.05) is 30.8 Å². The SMILES string of the molecule is COc1cc(N2C[C@@H]3C[C@H]2CN3C(=O)OC(C)(C)C)ccc1N. The van der Waals surface area contributed by atoms with Gasteiger partial charge >= 0.3 is 6.09 Å². The number of hydrogen-bond acceptors (Lipinski definition) is 5. The summed E-state index contributed by atoms with van der Waals surface area (Å²) in [5, 5.41) is 0. The van der Waals surface area contributed by atoms with Gasteiger partial charge in [0.1, 0.15) is 11.4 Å². The van der Waals surface area contributed by atoms with Crippen LogP contribution in [-0.2, 0) is 4.74 Å². The number of benzene rings is 1. The van der Waals surface area contributed by atoms with Gasteiger partial charge in [0.15, 0.2) is 0 Å². The Morgan fingerprint density at radius 3 is 2.57 bits per heavy atom. The fourth-order valence-corrected chi connectivity index (χ4v) is 3.41. The molecule has 23 heavy (non-hydrogen) atoms. The predicted molar refractivity (Wildman–Crippen MR) is 89.9 cm³/mol. The molecule has 2 aliphatic rings. The summed E-state index contributed by atoms with van der Waals surface area (Å²) in [6, 6.07) is 6.37. The van der Waals surface area contributed by atoms with Crippen molar-refractivity contribution in [3.63, 3.8) is 0 Å². The van der Waals surface area contributed by atoms with E-state index >= 15 is 0 Å². The standard InChI is InChI=1S/C17H25N3O3/c1-17(2,3)23-16(21)20-10-12-7-13(20)9-19(12)11-5-6-14(18)15(8-11)22-4/h5-6,8,12-13H,7,9-10,18H2,1-4H3/t12-,13-/m0/s1. The molecule has 0 spiro atoms. The average molecular weight is 319 g/mol. The van der Waals surface area contributed by atoms with Crippen LogP contribution in [0, 0.1) is 0 Å². The van der Waals surface area contributed by atoms with Gasteiger partial charge in [0.05, 0.1) is 18.8 Å². The van der Waals surface area contributed by atoms with Gasteiger partial charge in [-0.2, -0.15) is 0 Å². The third kappa shape index (κ3) is 3.02. The number of nitrogens with zero attached hydrogens (tertiary/aromatic N) is 2. The summed E-state index contributed by atoms with van der Waals surface area (Å²) in [4.78, 5) is 16.5. The number of piperazine rings is 1. The van der Waals surface area contributed by atoms with E-state index in [-0.39, 0.29) is 12.1 Å². The highest BCUT2D eigenvalue weighted by Gasteiger charge is 2.46. The number of carbonyl (C=O) groups excluding carboxylic acids is 1. The van der Waals surface area contributed by atoms with Gasteiger partial charge in [-0.15, -0.1) is 0 Å². The number of likely N-dealkylation sites (tertiary alicyclic amines) is 1. The van der Waals surface area contributed by atoms with Crippen LogP contribution in [0.4, 0.5) is 16.2 Å². The van der Waals surface area contributed by atoms with Crippen LogP contribution in [0.1, 0.15) is 27.2 Å². The molecule has 6 nitrogen and oxygen atoms in total. The molecule has 1 aromatic carbocycles. The fraction of sp³-hybridized carbons (Fsp3) is 0.588. The molecule has 0 aromatic heterocycles. The van der Waals surface area contributed by atoms with E-state index in [0.29, 0.717) is 24.0 Å². The monoisotopic (exact) mass is 319 g/mol. The summed E-state index contributed by atoms with van der Waals surface area (Å²) in [6.07, 6.45) is 0.769. The number of methoxy groups -OCH3 is 1. The van der Waals surface area contributed by atoms with E-state index in [4.69, 9.17) is 15.2 Å². The number of fused-ring (bicyclic) bond motifs is 2. The van der Waals surface area contributed by atoms with Crippen molar-refractivity contribution in [2.24, 2.45) is 0 Å². The molecule has 3 rings (SSSR count). The molecule has 6 heteroatoms. The van der Waals surface area contributed by atoms with Gasteiger partial charge < -0.3 is 25.0 Å². The van der Waals surface area contributed by atoms with Crippen molar-refractivity contribution in [3.8, 4) is 5.75 Å². The van der Waals surface area contributed by atoms with Gasteiger partial charge in [0.25, 0.3) is 0 Å². The summed E-state index contributed by atoms with van der Waals surface area (Å²) in [5.41, 5.74) is 7.15. The first kappa shape index (κ1) is 15.8. The van der Waals surface area contributed by atoms with Crippen LogP contribution in [0.5, 0.6) is 5.75 Å². The number of carbonyl (C=O) groups is 1. The Morgan fingerprint density at radius 2 is 2.00 bits per heavy atom. The molecule has 0 aliphatic carbocycles. The molecule has 1 amide bonds. The predicted octanol–water partition coefficient (Wildman–Crippen LogP) is 2.48. The lowest BCUT2D eigenvalue weighted by Gasteiger charge is -2.36. The highest BCUT2D eigenvalue weighted by molar-refractivity contribution is 5.71. The Morgan fingerprint density at radius 1 is 1.26 bits per heavy atom. The normalized spacial score (nSPS) is 23.3. The second-order valence-electron chi connectivity index (χ2n) is 7.25. The lowest BCUT2D eigenvalue weighted by Crippen LogP contribution is -2.50. The van der Waals surface area contributed by atoms with E-state index in [1.807, 2.05) is 43.9 Å². The number of ether oxygens (including phenoxy) is 2. The zero-order chi connectivity index (χ0) is 16.8. The fourth-order valence-electron chi connectivity index (χ4n) is 3.41. The highest BCUT2D eigenvalue weighted by Crippen LogP contribution is 2.37. The number of amides is 1. The van der Waals surface area contributed by atoms with Crippen LogP contribution in [0.25, 0.3) is 0 Å². The molecular formula is C17H25N3O3. The Kier molecular flexibility index (Phi) is 3.78. The molecule has 126 valence electrons. The average Bonchev–Trinajstić information content (AvgIpc) is 3.06. The minimum atomic E-state index is -0.455. The Labute approximate surface area is 137 Å². The molecule has 2 saturated heterocycles. The zero-order valence-corrected chi connectivity index (χ0v) is 14.2. The van der Waals surface area contributed by atoms with E-state index in [1.54, 1.807) is 7.11 Å². The number of nitrogen functional groups attached to an aromatic ring is 1. The van der Waals surface area contributed by atoms with Crippen LogP contribution in [0.3, 0.4) is 0 Å². The lowest BCUT2D eigenvalue weighted by molar-refractivity contribution is 0.0215. The molecule has 2 atom stereocenters. The van der Waals surface area contributed by atoms with Crippen molar-refractivity contribution in [1.29, 1.82) is 0 Å². The van der Waals surface area contributed by atoms with Crippen molar-refractivity contribution in [1.82, 2.24) is 4.90 Å². The minimum absolute atomic E-state index is 0.207. The van der Waals surface area contributed by atoms with Gasteiger partial charge in [-0.05, 0) is 39.3 Å². The van der Waals surface area contributed by atoms with Crippen molar-refractivity contribution >= 4 is 17.5 Å². The second kappa shape index (κ2) is 5.51. The lowest BCUT2D eigenvalue weighted by atomic mass is 10.2. The molecule has 0 saturated carbocycles. The highest BCUT2D eigenvalue weighted by atomic mass is 16.6. The number of rotatable bonds is 2. The number of nitrogens with two attached hydrogens (primary N) is 1. The topological polar surface area (TPSA) is 68.0 Å². The molecule has 0 radical (unpaired) electrons. The largest absolute Gasteiger partial charge is 0.495 e. The molecule has 0 unspecified atom stereocenters. The van der Waals surface area contributed by atoms with Gasteiger partial charge in [-0.25, -0.2) is 4.79 Å². The first-order valence-corrected chi connectivity index (χ1v) is 7.98. The van der Waals surface area contributed by atoms with Crippen molar-refractivity contribution < 1.29 is 14.3 Å². The van der Waals surface area contributed by atoms with Crippen molar-refractivity contribution in [2.45, 2.75) is 44.9 Å². The molecular weight excluding hydrogens is 294 g/mol. The summed E-state index contributed by atoms with van der Waals surface area (Å²) < 4.78 is 10.8. The number of anilines is 2. The van der Waals surface area contributed by atoms with Crippen LogP contribution < -0.4 is 15.4 Å². The van der Waals surface area contributed by atoms with Crippen LogP contribution in [0.15, 0.2) is 18.2 Å². The van der Waals surface area contributed by atoms with E-state index < -0.39 is 5.60 Å². The maximum absolute atomic E-state index is 12.3. The first-order valence-electron chi connectivity index (χ1n) is 7.98. The van der Waals surface area contributed by atoms with E-state index in [1.165, 1.54) is 0 Å². The molecule has 2 aliphatic heterocycles. The van der Waals surface area contributed by atoms with E-state index in [9.17, 15) is 4.79 Å². The summed E-state index contributed by atoms with van der Waals surface area (Å²) in [5.74, 6) is 0.689. The molecule has 2 heterocycles. The minimum Gasteiger partial charge on any atom is -0.495 e. The third-order valence-electron chi connectivity index (χ3n) is 4.42. The Balaban J connectivity index is 1.70. The van der Waals surface area contributed by atoms with Crippen LogP contribution in [-0.4, -0.2) is 48.9 Å². The Hall–Kier alpha value is -2.11. The summed E-state index contributed by atoms with van der Waals surface area (Å²) in [6.45, 7) is 7.20. The second-order valence-corrected chi connectivity index (χ2v) is 7.25. The Bertz CT molecular complexity index is 612. The summed E-state index contributed by atoms with van der Waals surface area (Å²) in [7, 11) is 1.62. The molecule has 2 N–H and O–H groups in total. The van der Waals surface area contributed by atoms with Gasteiger partial charge in [0, 0.05) is 30.9 Å². The van der Waals surface area contributed by atoms with Crippen LogP contribution >= 0.6 is 0 Å². The van der Waals surface area contributed by atoms with E-state index in [0.717, 1.165) is 18.7 Å². The smallest absolute Gasteiger partial charge is 0.410 e. The first-order chi connectivity index (χ1) is 10.8. The molecule has 1 aromatic rings. The van der Waals surface area contributed by atoms with Gasteiger partial charge in [-0.3, -0.25) is 0 Å². The number of hydrogen-bond donors (Lipinski definition) is 1. The van der Waals surface area contributed by atoms with Crippen molar-refractivity contribution in [3.05, 3.63) is 18.2 Å². The van der Waals surface area contributed by atoms with E-state index in [2.05, 4.69) is 4.90 Å². The zero-order valence-electron chi connectivity index (χ0n) is 14.2. The maximum Gasteiger partial charge on any atom is 0.410 e.